The number of esters is 2. The third-order valence-electron chi connectivity index (χ3n) is 6.60. The topological polar surface area (TPSA) is 74.3 Å². The number of aryl methyl sites for hydroxylation is 1. The Kier molecular flexibility index (Phi) is 10.2. The molecule has 1 aromatic carbocycles. The van der Waals surface area contributed by atoms with Crippen molar-refractivity contribution < 1.29 is 28.5 Å². The second-order valence-corrected chi connectivity index (χ2v) is 10.1. The van der Waals surface area contributed by atoms with Crippen LogP contribution < -0.4 is 9.47 Å². The first-order valence-corrected chi connectivity index (χ1v) is 12.7. The molecule has 0 amide bonds. The number of hydrogen-bond donors (Lipinski definition) is 0. The van der Waals surface area contributed by atoms with Crippen molar-refractivity contribution in [3.05, 3.63) is 45.7 Å². The van der Waals surface area contributed by atoms with Crippen molar-refractivity contribution in [3.8, 4) is 11.5 Å². The van der Waals surface area contributed by atoms with Gasteiger partial charge in [0.1, 0.15) is 29.5 Å². The summed E-state index contributed by atoms with van der Waals surface area (Å²) in [5.74, 6) is 1.85. The highest BCUT2D eigenvalue weighted by atomic mass is 16.6. The second-order valence-electron chi connectivity index (χ2n) is 10.1. The van der Waals surface area contributed by atoms with Crippen molar-refractivity contribution in [2.75, 3.05) is 33.4 Å². The van der Waals surface area contributed by atoms with Crippen molar-refractivity contribution in [2.45, 2.75) is 80.3 Å². The largest absolute Gasteiger partial charge is 0.494 e. The molecule has 0 aliphatic heterocycles. The van der Waals surface area contributed by atoms with E-state index in [9.17, 15) is 9.59 Å². The van der Waals surface area contributed by atoms with E-state index in [1.165, 1.54) is 13.8 Å². The minimum absolute atomic E-state index is 0.214. The summed E-state index contributed by atoms with van der Waals surface area (Å²) in [5, 5.41) is 0. The molecule has 0 radical (unpaired) electrons. The number of hydrogen-bond acceptors (Lipinski definition) is 7. The van der Waals surface area contributed by atoms with Crippen LogP contribution in [0.4, 0.5) is 0 Å². The highest BCUT2D eigenvalue weighted by molar-refractivity contribution is 5.70. The van der Waals surface area contributed by atoms with Crippen LogP contribution in [0, 0.1) is 6.92 Å². The van der Waals surface area contributed by atoms with Crippen molar-refractivity contribution in [1.82, 2.24) is 4.90 Å². The molecule has 0 saturated carbocycles. The van der Waals surface area contributed by atoms with Gasteiger partial charge in [0.05, 0.1) is 6.61 Å². The third kappa shape index (κ3) is 7.36. The van der Waals surface area contributed by atoms with Gasteiger partial charge in [0.2, 0.25) is 0 Å². The summed E-state index contributed by atoms with van der Waals surface area (Å²) in [6, 6.07) is 3.83. The Hall–Kier alpha value is -2.80. The summed E-state index contributed by atoms with van der Waals surface area (Å²) in [7, 11) is 2.04. The fourth-order valence-electron chi connectivity index (χ4n) is 4.60. The minimum Gasteiger partial charge on any atom is -0.494 e. The second kappa shape index (κ2) is 12.4. The Morgan fingerprint density at radius 3 is 2.28 bits per heavy atom. The molecule has 0 aromatic heterocycles. The van der Waals surface area contributed by atoms with Crippen LogP contribution in [-0.4, -0.2) is 55.8 Å². The summed E-state index contributed by atoms with van der Waals surface area (Å²) >= 11 is 0. The van der Waals surface area contributed by atoms with E-state index >= 15 is 0 Å². The van der Waals surface area contributed by atoms with Gasteiger partial charge in [-0.25, -0.2) is 0 Å². The summed E-state index contributed by atoms with van der Waals surface area (Å²) in [6.45, 7) is 19.3. The average molecular weight is 502 g/mol. The summed E-state index contributed by atoms with van der Waals surface area (Å²) in [6.07, 6.45) is 0.588. The molecule has 0 heterocycles. The highest BCUT2D eigenvalue weighted by Gasteiger charge is 2.38. The number of carbonyl (C=O) groups is 2. The molecule has 36 heavy (non-hydrogen) atoms. The van der Waals surface area contributed by atoms with Crippen molar-refractivity contribution in [1.29, 1.82) is 0 Å². The number of benzene rings is 1. The Morgan fingerprint density at radius 1 is 1.06 bits per heavy atom. The van der Waals surface area contributed by atoms with Gasteiger partial charge in [-0.15, -0.1) is 0 Å². The predicted molar refractivity (Wildman–Crippen MR) is 141 cm³/mol. The van der Waals surface area contributed by atoms with Gasteiger partial charge in [-0.3, -0.25) is 14.5 Å². The van der Waals surface area contributed by atoms with E-state index in [1.807, 2.05) is 53.8 Å². The molecule has 1 aliphatic carbocycles. The lowest BCUT2D eigenvalue weighted by Gasteiger charge is -2.38. The van der Waals surface area contributed by atoms with E-state index in [-0.39, 0.29) is 17.9 Å². The first kappa shape index (κ1) is 29.4. The van der Waals surface area contributed by atoms with Crippen LogP contribution in [0.15, 0.2) is 34.6 Å². The number of ether oxygens (including phenoxy) is 4. The highest BCUT2D eigenvalue weighted by Crippen LogP contribution is 2.40. The molecule has 1 aliphatic rings. The van der Waals surface area contributed by atoms with Crippen LogP contribution >= 0.6 is 0 Å². The van der Waals surface area contributed by atoms with Gasteiger partial charge >= 0.3 is 11.9 Å². The van der Waals surface area contributed by atoms with Crippen molar-refractivity contribution in [3.63, 3.8) is 0 Å². The lowest BCUT2D eigenvalue weighted by Crippen LogP contribution is -2.39. The SMILES string of the molecule is CCOC1=C(CN(C)CCOc2cc(C)c(OC(C)=O)cc2C(C)C)CC(C)(OC(C)=O)C(C)=C1C. The van der Waals surface area contributed by atoms with E-state index in [0.717, 1.165) is 39.4 Å². The lowest BCUT2D eigenvalue weighted by atomic mass is 9.80. The van der Waals surface area contributed by atoms with Crippen LogP contribution in [0.3, 0.4) is 0 Å². The number of nitrogens with zero attached hydrogens (tertiary/aromatic N) is 1. The quantitative estimate of drug-likeness (QED) is 0.284. The fourth-order valence-corrected chi connectivity index (χ4v) is 4.60. The zero-order chi connectivity index (χ0) is 27.2. The molecule has 0 saturated heterocycles. The molecular weight excluding hydrogens is 458 g/mol. The van der Waals surface area contributed by atoms with E-state index in [4.69, 9.17) is 18.9 Å². The number of allylic oxidation sites excluding steroid dienone is 1. The molecule has 0 N–H and O–H groups in total. The smallest absolute Gasteiger partial charge is 0.308 e. The van der Waals surface area contributed by atoms with Crippen LogP contribution in [0.2, 0.25) is 0 Å². The van der Waals surface area contributed by atoms with Gasteiger partial charge in [-0.05, 0) is 82.0 Å². The van der Waals surface area contributed by atoms with E-state index in [1.54, 1.807) is 0 Å². The van der Waals surface area contributed by atoms with Crippen LogP contribution in [0.5, 0.6) is 11.5 Å². The first-order chi connectivity index (χ1) is 16.8. The molecule has 7 heteroatoms. The monoisotopic (exact) mass is 501 g/mol. The molecule has 1 atom stereocenters. The van der Waals surface area contributed by atoms with Gasteiger partial charge in [0.25, 0.3) is 0 Å². The Labute approximate surface area is 216 Å². The summed E-state index contributed by atoms with van der Waals surface area (Å²) in [4.78, 5) is 25.4. The Morgan fingerprint density at radius 2 is 1.72 bits per heavy atom. The maximum Gasteiger partial charge on any atom is 0.308 e. The Balaban J connectivity index is 2.15. The third-order valence-corrected chi connectivity index (χ3v) is 6.60. The Bertz CT molecular complexity index is 1040. The molecule has 0 spiro atoms. The predicted octanol–water partition coefficient (Wildman–Crippen LogP) is 5.71. The fraction of sp³-hybridized carbons (Fsp3) is 0.586. The van der Waals surface area contributed by atoms with E-state index in [2.05, 4.69) is 18.7 Å². The first-order valence-electron chi connectivity index (χ1n) is 12.7. The average Bonchev–Trinajstić information content (AvgIpc) is 2.75. The standard InChI is InChI=1S/C29H43NO6/c1-11-33-28-20(5)21(6)29(9,36-23(8)32)16-24(28)17-30(10)12-13-34-27-14-19(4)26(35-22(7)31)15-25(27)18(2)3/h14-15,18H,11-13,16-17H2,1-10H3. The van der Waals surface area contributed by atoms with Crippen molar-refractivity contribution >= 4 is 11.9 Å². The summed E-state index contributed by atoms with van der Waals surface area (Å²) in [5.41, 5.74) is 4.32. The van der Waals surface area contributed by atoms with Crippen LogP contribution in [0.1, 0.15) is 78.9 Å². The van der Waals surface area contributed by atoms with Gasteiger partial charge in [-0.1, -0.05) is 13.8 Å². The molecule has 1 unspecified atom stereocenters. The minimum atomic E-state index is -0.684. The molecule has 0 bridgehead atoms. The maximum atomic E-state index is 11.8. The number of carbonyl (C=O) groups excluding carboxylic acids is 2. The van der Waals surface area contributed by atoms with Gasteiger partial charge < -0.3 is 18.9 Å². The van der Waals surface area contributed by atoms with Crippen LogP contribution in [0.25, 0.3) is 0 Å². The number of likely N-dealkylation sites (N-methyl/N-ethyl adjacent to an activating group) is 1. The molecule has 7 nitrogen and oxygen atoms in total. The molecule has 1 aromatic rings. The zero-order valence-corrected chi connectivity index (χ0v) is 23.7. The van der Waals surface area contributed by atoms with Gasteiger partial charge in [0, 0.05) is 38.9 Å². The van der Waals surface area contributed by atoms with Gasteiger partial charge in [0.15, 0.2) is 0 Å². The summed E-state index contributed by atoms with van der Waals surface area (Å²) < 4.78 is 23.3. The van der Waals surface area contributed by atoms with E-state index < -0.39 is 5.60 Å². The number of rotatable bonds is 11. The van der Waals surface area contributed by atoms with Gasteiger partial charge in [-0.2, -0.15) is 0 Å². The lowest BCUT2D eigenvalue weighted by molar-refractivity contribution is -0.152. The molecule has 0 fully saturated rings. The molecule has 2 rings (SSSR count). The van der Waals surface area contributed by atoms with E-state index in [0.29, 0.717) is 38.5 Å². The normalized spacial score (nSPS) is 18.1. The van der Waals surface area contributed by atoms with Crippen molar-refractivity contribution in [2.24, 2.45) is 0 Å². The molecule has 200 valence electrons. The molecular formula is C29H43NO6. The zero-order valence-electron chi connectivity index (χ0n) is 23.7. The maximum absolute atomic E-state index is 11.8. The van der Waals surface area contributed by atoms with Crippen LogP contribution in [-0.2, 0) is 19.1 Å².